The first-order valence-corrected chi connectivity index (χ1v) is 18.3. The van der Waals surface area contributed by atoms with E-state index >= 15 is 0 Å². The van der Waals surface area contributed by atoms with E-state index in [0.717, 1.165) is 11.8 Å². The molecule has 1 rings (SSSR count). The van der Waals surface area contributed by atoms with Crippen LogP contribution in [0.4, 0.5) is 0 Å². The molecule has 0 nitrogen and oxygen atoms in total. The molecule has 47 heavy (non-hydrogen) atoms. The van der Waals surface area contributed by atoms with Crippen LogP contribution >= 0.6 is 0 Å². The van der Waals surface area contributed by atoms with Gasteiger partial charge in [0.05, 0.1) is 0 Å². The van der Waals surface area contributed by atoms with Crippen molar-refractivity contribution in [1.29, 1.82) is 0 Å². The van der Waals surface area contributed by atoms with E-state index < -0.39 is 0 Å². The van der Waals surface area contributed by atoms with Crippen molar-refractivity contribution in [3.8, 4) is 12.3 Å². The number of allylic oxidation sites excluding steroid dienone is 3. The summed E-state index contributed by atoms with van der Waals surface area (Å²) in [5.74, 6) is 4.63. The molecule has 286 valence electrons. The second kappa shape index (κ2) is 22.0. The zero-order chi connectivity index (χ0) is 39.1. The molecule has 0 aromatic rings. The lowest BCUT2D eigenvalue weighted by molar-refractivity contribution is 0.126. The van der Waals surface area contributed by atoms with E-state index in [1.807, 2.05) is 20.8 Å². The molecule has 0 aromatic heterocycles. The largest absolute Gasteiger partial charge is 0.120 e. The molecule has 0 aromatic carbocycles. The summed E-state index contributed by atoms with van der Waals surface area (Å²) in [5, 5.41) is 0. The topological polar surface area (TPSA) is 0 Å². The number of rotatable bonds is 1. The molecule has 1 fully saturated rings. The predicted molar refractivity (Wildman–Crippen MR) is 227 cm³/mol. The Kier molecular flexibility index (Phi) is 27.2. The zero-order valence-corrected chi connectivity index (χ0v) is 37.9. The number of terminal acetylenes is 1. The molecular formula is C47H98. The van der Waals surface area contributed by atoms with Crippen molar-refractivity contribution < 1.29 is 0 Å². The molecule has 1 saturated carbocycles. The maximum Gasteiger partial charge on any atom is 0.0227 e. The molecule has 0 heteroatoms. The Hall–Kier alpha value is -0.960. The fraction of sp³-hybridized carbons (Fsp3) is 0.872. The Morgan fingerprint density at radius 1 is 0.660 bits per heavy atom. The van der Waals surface area contributed by atoms with Crippen molar-refractivity contribution in [1.82, 2.24) is 0 Å². The third kappa shape index (κ3) is 34.7. The van der Waals surface area contributed by atoms with Crippen molar-refractivity contribution in [2.75, 3.05) is 0 Å². The molecular weight excluding hydrogens is 565 g/mol. The molecule has 0 amide bonds. The van der Waals surface area contributed by atoms with Crippen molar-refractivity contribution in [3.05, 3.63) is 23.8 Å². The zero-order valence-electron chi connectivity index (χ0n) is 37.9. The molecule has 2 atom stereocenters. The molecule has 0 saturated heterocycles. The molecule has 0 spiro atoms. The summed E-state index contributed by atoms with van der Waals surface area (Å²) in [5.41, 5.74) is 5.83. The van der Waals surface area contributed by atoms with Gasteiger partial charge in [-0.1, -0.05) is 190 Å². The van der Waals surface area contributed by atoms with E-state index in [2.05, 4.69) is 192 Å². The normalized spacial score (nSPS) is 17.0. The van der Waals surface area contributed by atoms with Crippen LogP contribution in [0.1, 0.15) is 214 Å². The third-order valence-corrected chi connectivity index (χ3v) is 10.7. The van der Waals surface area contributed by atoms with Gasteiger partial charge in [-0.2, -0.15) is 0 Å². The van der Waals surface area contributed by atoms with Crippen LogP contribution in [-0.4, -0.2) is 0 Å². The molecule has 0 aliphatic heterocycles. The Morgan fingerprint density at radius 2 is 0.915 bits per heavy atom. The highest BCUT2D eigenvalue weighted by atomic mass is 14.5. The highest BCUT2D eigenvalue weighted by molar-refractivity contribution is 5.05. The van der Waals surface area contributed by atoms with Crippen molar-refractivity contribution in [2.45, 2.75) is 214 Å². The second-order valence-electron chi connectivity index (χ2n) is 21.8. The summed E-state index contributed by atoms with van der Waals surface area (Å²) >= 11 is 0. The summed E-state index contributed by atoms with van der Waals surface area (Å²) in [7, 11) is 0. The van der Waals surface area contributed by atoms with Crippen LogP contribution in [0.2, 0.25) is 0 Å². The molecule has 0 heterocycles. The lowest BCUT2D eigenvalue weighted by atomic mass is 9.68. The van der Waals surface area contributed by atoms with E-state index in [9.17, 15) is 0 Å². The molecule has 2 unspecified atom stereocenters. The molecule has 0 bridgehead atoms. The molecule has 1 aliphatic carbocycles. The highest BCUT2D eigenvalue weighted by Crippen LogP contribution is 2.50. The minimum atomic E-state index is 0. The smallest absolute Gasteiger partial charge is 0.0227 e. The van der Waals surface area contributed by atoms with Gasteiger partial charge in [-0.05, 0) is 97.7 Å². The van der Waals surface area contributed by atoms with Gasteiger partial charge in [-0.3, -0.25) is 0 Å². The summed E-state index contributed by atoms with van der Waals surface area (Å²) < 4.78 is 0. The number of hydrogen-bond donors (Lipinski definition) is 0. The predicted octanol–water partition coefficient (Wildman–Crippen LogP) is 17.1. The average molecular weight is 663 g/mol. The quantitative estimate of drug-likeness (QED) is 0.194. The van der Waals surface area contributed by atoms with Crippen LogP contribution in [-0.2, 0) is 0 Å². The summed E-state index contributed by atoms with van der Waals surface area (Å²) in [6.45, 7) is 66.1. The first-order valence-electron chi connectivity index (χ1n) is 18.3. The first kappa shape index (κ1) is 58.3. The van der Waals surface area contributed by atoms with E-state index in [0.29, 0.717) is 37.9 Å². The van der Waals surface area contributed by atoms with Crippen molar-refractivity contribution in [2.24, 2.45) is 55.2 Å². The minimum Gasteiger partial charge on any atom is -0.120 e. The lowest BCUT2D eigenvalue weighted by Crippen LogP contribution is -2.28. The van der Waals surface area contributed by atoms with Gasteiger partial charge < -0.3 is 0 Å². The van der Waals surface area contributed by atoms with Crippen molar-refractivity contribution >= 4 is 0 Å². The van der Waals surface area contributed by atoms with Gasteiger partial charge >= 0.3 is 0 Å². The summed E-state index contributed by atoms with van der Waals surface area (Å²) in [4.78, 5) is 0. The van der Waals surface area contributed by atoms with Gasteiger partial charge in [0.2, 0.25) is 0 Å². The molecule has 0 radical (unpaired) electrons. The van der Waals surface area contributed by atoms with Crippen LogP contribution in [0.5, 0.6) is 0 Å². The highest BCUT2D eigenvalue weighted by Gasteiger charge is 2.41. The molecule has 1 aliphatic rings. The van der Waals surface area contributed by atoms with Crippen LogP contribution in [0.15, 0.2) is 23.8 Å². The third-order valence-electron chi connectivity index (χ3n) is 10.7. The standard InChI is InChI=1S/C9H20.C8H16.C8H18.C8H16.C7H14.C6H10.CH4/c1-7-9(5,6)8(2,3)4;1-6-5-7(6)8(2,3)4;1-7(2,3)8(4,5)6;1-6-7(2)8(3,4)5;1-6(2)7(3,4)5;1-5-6(2,3)4;/h7H2,1-6H3;6-7H,5H2,1-4H3;1-6H3;6H,1-5H3;1H2,2-5H3;1H,2-4H3;1H4/b;;;7-6+;;;. The van der Waals surface area contributed by atoms with Gasteiger partial charge in [0.1, 0.15) is 0 Å². The van der Waals surface area contributed by atoms with Crippen LogP contribution in [0, 0.1) is 67.5 Å². The number of hydrogen-bond acceptors (Lipinski definition) is 0. The fourth-order valence-corrected chi connectivity index (χ4v) is 2.49. The van der Waals surface area contributed by atoms with E-state index in [4.69, 9.17) is 6.42 Å². The maximum absolute atomic E-state index is 5.06. The van der Waals surface area contributed by atoms with Gasteiger partial charge in [-0.15, -0.1) is 12.3 Å². The Bertz CT molecular complexity index is 848. The maximum atomic E-state index is 5.06. The van der Waals surface area contributed by atoms with Crippen LogP contribution in [0.3, 0.4) is 0 Å². The van der Waals surface area contributed by atoms with Crippen LogP contribution in [0.25, 0.3) is 0 Å². The van der Waals surface area contributed by atoms with Gasteiger partial charge in [0.15, 0.2) is 0 Å². The monoisotopic (exact) mass is 663 g/mol. The van der Waals surface area contributed by atoms with Gasteiger partial charge in [-0.25, -0.2) is 0 Å². The second-order valence-corrected chi connectivity index (χ2v) is 21.8. The Balaban J connectivity index is -0.000000107. The van der Waals surface area contributed by atoms with E-state index in [-0.39, 0.29) is 12.8 Å². The van der Waals surface area contributed by atoms with E-state index in [1.54, 1.807) is 0 Å². The minimum absolute atomic E-state index is 0. The molecule has 0 N–H and O–H groups in total. The van der Waals surface area contributed by atoms with Gasteiger partial charge in [0, 0.05) is 5.41 Å². The van der Waals surface area contributed by atoms with Crippen molar-refractivity contribution in [3.63, 3.8) is 0 Å². The fourth-order valence-electron chi connectivity index (χ4n) is 2.49. The Morgan fingerprint density at radius 3 is 0.915 bits per heavy atom. The van der Waals surface area contributed by atoms with Crippen LogP contribution < -0.4 is 0 Å². The lowest BCUT2D eigenvalue weighted by Gasteiger charge is -2.37. The average Bonchev–Trinajstić information content (AvgIpc) is 3.54. The summed E-state index contributed by atoms with van der Waals surface area (Å²) in [6.07, 6.45) is 9.94. The summed E-state index contributed by atoms with van der Waals surface area (Å²) in [6, 6.07) is 0. The Labute approximate surface area is 304 Å². The van der Waals surface area contributed by atoms with E-state index in [1.165, 1.54) is 24.0 Å². The SMILES string of the molecule is C.C#CC(C)(C)C.C/C=C(\C)C(C)(C)C.C=C(C)C(C)(C)C.CC(C)(C)C(C)(C)C.CC1CC1C(C)(C)C.CCC(C)(C)C(C)(C)C. The van der Waals surface area contributed by atoms with Gasteiger partial charge in [0.25, 0.3) is 0 Å². The first-order chi connectivity index (χ1) is 19.6.